The van der Waals surface area contributed by atoms with Gasteiger partial charge in [0.1, 0.15) is 5.75 Å². The Hall–Kier alpha value is -2.72. The zero-order valence-corrected chi connectivity index (χ0v) is 18.0. The molecule has 0 aromatic heterocycles. The summed E-state index contributed by atoms with van der Waals surface area (Å²) in [6, 6.07) is 23.8. The summed E-state index contributed by atoms with van der Waals surface area (Å²) in [5, 5.41) is 3.08. The molecule has 0 heterocycles. The molecule has 150 valence electrons. The SMILES string of the molecule is Cc1ccc(C(C)NC(=O)c2ccc(OCCSc3ccccc3)cc2)c(C)c1. The van der Waals surface area contributed by atoms with Crippen molar-refractivity contribution in [2.24, 2.45) is 0 Å². The van der Waals surface area contributed by atoms with Crippen LogP contribution in [0.3, 0.4) is 0 Å². The summed E-state index contributed by atoms with van der Waals surface area (Å²) in [6.07, 6.45) is 0. The number of hydrogen-bond acceptors (Lipinski definition) is 3. The minimum atomic E-state index is -0.0799. The maximum absolute atomic E-state index is 12.6. The van der Waals surface area contributed by atoms with Crippen molar-refractivity contribution in [3.05, 3.63) is 95.1 Å². The first-order valence-electron chi connectivity index (χ1n) is 9.81. The van der Waals surface area contributed by atoms with E-state index in [9.17, 15) is 4.79 Å². The number of ether oxygens (including phenoxy) is 1. The molecule has 0 bridgehead atoms. The third-order valence-corrected chi connectivity index (χ3v) is 5.70. The van der Waals surface area contributed by atoms with Crippen molar-refractivity contribution in [1.82, 2.24) is 5.32 Å². The molecule has 4 heteroatoms. The average Bonchev–Trinajstić information content (AvgIpc) is 2.72. The quantitative estimate of drug-likeness (QED) is 0.371. The van der Waals surface area contributed by atoms with Crippen LogP contribution >= 0.6 is 11.8 Å². The van der Waals surface area contributed by atoms with Gasteiger partial charge in [-0.1, -0.05) is 42.0 Å². The summed E-state index contributed by atoms with van der Waals surface area (Å²) in [5.41, 5.74) is 4.19. The predicted molar refractivity (Wildman–Crippen MR) is 121 cm³/mol. The normalized spacial score (nSPS) is 11.7. The smallest absolute Gasteiger partial charge is 0.251 e. The van der Waals surface area contributed by atoms with E-state index in [1.807, 2.05) is 49.4 Å². The van der Waals surface area contributed by atoms with Gasteiger partial charge in [0.25, 0.3) is 5.91 Å². The van der Waals surface area contributed by atoms with Gasteiger partial charge in [0.05, 0.1) is 12.6 Å². The molecule has 3 nitrogen and oxygen atoms in total. The lowest BCUT2D eigenvalue weighted by molar-refractivity contribution is 0.0940. The van der Waals surface area contributed by atoms with Gasteiger partial charge in [0, 0.05) is 16.2 Å². The third kappa shape index (κ3) is 6.13. The van der Waals surface area contributed by atoms with E-state index < -0.39 is 0 Å². The second-order valence-electron chi connectivity index (χ2n) is 7.09. The molecule has 3 aromatic rings. The number of nitrogens with one attached hydrogen (secondary N) is 1. The minimum absolute atomic E-state index is 0.0472. The van der Waals surface area contributed by atoms with Crippen LogP contribution in [0.4, 0.5) is 0 Å². The zero-order valence-electron chi connectivity index (χ0n) is 17.1. The molecule has 1 unspecified atom stereocenters. The first-order chi connectivity index (χ1) is 14.0. The monoisotopic (exact) mass is 405 g/mol. The van der Waals surface area contributed by atoms with E-state index in [1.165, 1.54) is 16.0 Å². The van der Waals surface area contributed by atoms with Gasteiger partial charge in [-0.2, -0.15) is 0 Å². The lowest BCUT2D eigenvalue weighted by Gasteiger charge is -2.17. The van der Waals surface area contributed by atoms with Gasteiger partial charge in [-0.15, -0.1) is 11.8 Å². The topological polar surface area (TPSA) is 38.3 Å². The molecule has 1 amide bonds. The molecule has 0 spiro atoms. The first kappa shape index (κ1) is 21.0. The third-order valence-electron chi connectivity index (χ3n) is 4.72. The number of rotatable bonds is 8. The molecule has 1 N–H and O–H groups in total. The van der Waals surface area contributed by atoms with Crippen LogP contribution in [0.2, 0.25) is 0 Å². The van der Waals surface area contributed by atoms with Crippen LogP contribution in [0, 0.1) is 13.8 Å². The van der Waals surface area contributed by atoms with Crippen LogP contribution in [0.5, 0.6) is 5.75 Å². The van der Waals surface area contributed by atoms with Crippen LogP contribution in [-0.2, 0) is 0 Å². The van der Waals surface area contributed by atoms with Crippen molar-refractivity contribution >= 4 is 17.7 Å². The van der Waals surface area contributed by atoms with E-state index in [4.69, 9.17) is 4.74 Å². The maximum Gasteiger partial charge on any atom is 0.251 e. The molecular weight excluding hydrogens is 378 g/mol. The summed E-state index contributed by atoms with van der Waals surface area (Å²) < 4.78 is 5.79. The molecule has 0 radical (unpaired) electrons. The fraction of sp³-hybridized carbons (Fsp3) is 0.240. The van der Waals surface area contributed by atoms with Crippen molar-refractivity contribution in [2.75, 3.05) is 12.4 Å². The van der Waals surface area contributed by atoms with E-state index >= 15 is 0 Å². The number of amides is 1. The number of benzene rings is 3. The molecule has 0 saturated heterocycles. The number of carbonyl (C=O) groups is 1. The van der Waals surface area contributed by atoms with Crippen molar-refractivity contribution in [3.63, 3.8) is 0 Å². The van der Waals surface area contributed by atoms with Crippen LogP contribution < -0.4 is 10.1 Å². The molecule has 3 aromatic carbocycles. The summed E-state index contributed by atoms with van der Waals surface area (Å²) >= 11 is 1.77. The first-order valence-corrected chi connectivity index (χ1v) is 10.8. The second-order valence-corrected chi connectivity index (χ2v) is 8.26. The fourth-order valence-electron chi connectivity index (χ4n) is 3.21. The zero-order chi connectivity index (χ0) is 20.6. The van der Waals surface area contributed by atoms with Gasteiger partial charge in [-0.3, -0.25) is 4.79 Å². The van der Waals surface area contributed by atoms with Gasteiger partial charge in [-0.05, 0) is 68.3 Å². The number of thioether (sulfide) groups is 1. The highest BCUT2D eigenvalue weighted by atomic mass is 32.2. The molecule has 0 fully saturated rings. The lowest BCUT2D eigenvalue weighted by atomic mass is 10.00. The number of aryl methyl sites for hydroxylation is 2. The number of hydrogen-bond donors (Lipinski definition) is 1. The molecule has 3 rings (SSSR count). The van der Waals surface area contributed by atoms with Gasteiger partial charge >= 0.3 is 0 Å². The van der Waals surface area contributed by atoms with E-state index in [0.717, 1.165) is 17.1 Å². The highest BCUT2D eigenvalue weighted by Crippen LogP contribution is 2.20. The van der Waals surface area contributed by atoms with E-state index in [2.05, 4.69) is 49.5 Å². The molecule has 0 saturated carbocycles. The molecule has 0 aliphatic heterocycles. The largest absolute Gasteiger partial charge is 0.493 e. The predicted octanol–water partition coefficient (Wildman–Crippen LogP) is 5.97. The highest BCUT2D eigenvalue weighted by Gasteiger charge is 2.13. The van der Waals surface area contributed by atoms with Gasteiger partial charge < -0.3 is 10.1 Å². The maximum atomic E-state index is 12.6. The van der Waals surface area contributed by atoms with E-state index in [-0.39, 0.29) is 11.9 Å². The van der Waals surface area contributed by atoms with Crippen molar-refractivity contribution in [2.45, 2.75) is 31.7 Å². The Labute approximate surface area is 177 Å². The van der Waals surface area contributed by atoms with Crippen molar-refractivity contribution in [3.8, 4) is 5.75 Å². The van der Waals surface area contributed by atoms with E-state index in [0.29, 0.717) is 12.2 Å². The van der Waals surface area contributed by atoms with Gasteiger partial charge in [0.2, 0.25) is 0 Å². The Kier molecular flexibility index (Phi) is 7.36. The van der Waals surface area contributed by atoms with E-state index in [1.54, 1.807) is 11.8 Å². The number of carbonyl (C=O) groups excluding carboxylic acids is 1. The van der Waals surface area contributed by atoms with Crippen LogP contribution in [0.25, 0.3) is 0 Å². The standard InChI is InChI=1S/C25H27NO2S/c1-18-9-14-24(19(2)17-18)20(3)26-25(27)21-10-12-22(13-11-21)28-15-16-29-23-7-5-4-6-8-23/h4-14,17,20H,15-16H2,1-3H3,(H,26,27). The van der Waals surface area contributed by atoms with Gasteiger partial charge in [-0.25, -0.2) is 0 Å². The highest BCUT2D eigenvalue weighted by molar-refractivity contribution is 7.99. The van der Waals surface area contributed by atoms with Crippen LogP contribution in [-0.4, -0.2) is 18.3 Å². The molecule has 29 heavy (non-hydrogen) atoms. The average molecular weight is 406 g/mol. The van der Waals surface area contributed by atoms with Gasteiger partial charge in [0.15, 0.2) is 0 Å². The van der Waals surface area contributed by atoms with Crippen molar-refractivity contribution in [1.29, 1.82) is 0 Å². The minimum Gasteiger partial charge on any atom is -0.493 e. The summed E-state index contributed by atoms with van der Waals surface area (Å²) in [4.78, 5) is 13.8. The summed E-state index contributed by atoms with van der Waals surface area (Å²) in [5.74, 6) is 1.57. The van der Waals surface area contributed by atoms with Crippen molar-refractivity contribution < 1.29 is 9.53 Å². The molecule has 0 aliphatic rings. The summed E-state index contributed by atoms with van der Waals surface area (Å²) in [6.45, 7) is 6.78. The Morgan fingerprint density at radius 3 is 2.41 bits per heavy atom. The Bertz CT molecular complexity index is 939. The van der Waals surface area contributed by atoms with Crippen LogP contribution in [0.1, 0.15) is 40.0 Å². The Balaban J connectivity index is 1.49. The second kappa shape index (κ2) is 10.2. The molecular formula is C25H27NO2S. The molecule has 1 atom stereocenters. The Morgan fingerprint density at radius 1 is 1.00 bits per heavy atom. The molecule has 0 aliphatic carbocycles. The Morgan fingerprint density at radius 2 is 1.72 bits per heavy atom. The summed E-state index contributed by atoms with van der Waals surface area (Å²) in [7, 11) is 0. The fourth-order valence-corrected chi connectivity index (χ4v) is 3.96. The van der Waals surface area contributed by atoms with Crippen LogP contribution in [0.15, 0.2) is 77.7 Å². The lowest BCUT2D eigenvalue weighted by Crippen LogP contribution is -2.27.